The summed E-state index contributed by atoms with van der Waals surface area (Å²) in [4.78, 5) is 20.3. The average molecular weight is 426 g/mol. The monoisotopic (exact) mass is 425 g/mol. The van der Waals surface area contributed by atoms with E-state index in [4.69, 9.17) is 4.98 Å². The number of aromatic nitrogens is 2. The lowest BCUT2D eigenvalue weighted by molar-refractivity contribution is 0.0716. The topological polar surface area (TPSA) is 38.1 Å². The number of hydrogen-bond donors (Lipinski definition) is 0. The van der Waals surface area contributed by atoms with Crippen LogP contribution in [0.25, 0.3) is 11.0 Å². The summed E-state index contributed by atoms with van der Waals surface area (Å²) in [5.74, 6) is 1.33. The van der Waals surface area contributed by atoms with Crippen LogP contribution in [0.5, 0.6) is 0 Å². The maximum atomic E-state index is 13.5. The quantitative estimate of drug-likeness (QED) is 0.350. The Hall–Kier alpha value is -3.40. The summed E-state index contributed by atoms with van der Waals surface area (Å²) in [6.45, 7) is 8.31. The van der Waals surface area contributed by atoms with E-state index >= 15 is 0 Å². The summed E-state index contributed by atoms with van der Waals surface area (Å²) in [6, 6.07) is 26.6. The van der Waals surface area contributed by atoms with Crippen molar-refractivity contribution < 1.29 is 4.79 Å². The molecule has 0 aliphatic rings. The molecule has 0 bridgehead atoms. The van der Waals surface area contributed by atoms with Crippen LogP contribution in [-0.2, 0) is 19.5 Å². The zero-order valence-electron chi connectivity index (χ0n) is 19.2. The predicted octanol–water partition coefficient (Wildman–Crippen LogP) is 5.95. The van der Waals surface area contributed by atoms with Gasteiger partial charge in [-0.1, -0.05) is 75.4 Å². The first-order valence-electron chi connectivity index (χ1n) is 11.4. The Labute approximate surface area is 190 Å². The van der Waals surface area contributed by atoms with Crippen LogP contribution < -0.4 is 0 Å². The molecular formula is C28H31N3O. The van der Waals surface area contributed by atoms with E-state index in [9.17, 15) is 4.79 Å². The van der Waals surface area contributed by atoms with E-state index in [0.717, 1.165) is 35.4 Å². The van der Waals surface area contributed by atoms with Gasteiger partial charge in [-0.05, 0) is 47.7 Å². The van der Waals surface area contributed by atoms with E-state index in [1.54, 1.807) is 0 Å². The fraction of sp³-hybridized carbons (Fsp3) is 0.286. The lowest BCUT2D eigenvalue weighted by Gasteiger charge is -2.25. The molecule has 0 saturated heterocycles. The molecule has 0 aliphatic heterocycles. The van der Waals surface area contributed by atoms with Gasteiger partial charge in [-0.15, -0.1) is 0 Å². The molecule has 0 fully saturated rings. The number of amides is 1. The maximum absolute atomic E-state index is 13.5. The molecule has 4 aromatic rings. The standard InChI is InChI=1S/C28H31N3O/c1-4-22-14-16-24(17-15-22)28(32)30(18-21(2)3)20-27-29-25-12-8-9-13-26(25)31(27)19-23-10-6-5-7-11-23/h5-17,21H,4,18-20H2,1-3H3. The number of aryl methyl sites for hydroxylation is 1. The van der Waals surface area contributed by atoms with E-state index in [1.807, 2.05) is 53.4 Å². The van der Waals surface area contributed by atoms with Crippen molar-refractivity contribution in [1.29, 1.82) is 0 Å². The van der Waals surface area contributed by atoms with Gasteiger partial charge in [0.2, 0.25) is 0 Å². The van der Waals surface area contributed by atoms with Gasteiger partial charge in [0.05, 0.1) is 17.6 Å². The van der Waals surface area contributed by atoms with Crippen molar-refractivity contribution in [2.24, 2.45) is 5.92 Å². The van der Waals surface area contributed by atoms with Gasteiger partial charge in [-0.2, -0.15) is 0 Å². The van der Waals surface area contributed by atoms with Gasteiger partial charge in [0.15, 0.2) is 0 Å². The van der Waals surface area contributed by atoms with Crippen LogP contribution in [0.3, 0.4) is 0 Å². The average Bonchev–Trinajstić information content (AvgIpc) is 3.15. The third-order valence-electron chi connectivity index (χ3n) is 5.73. The van der Waals surface area contributed by atoms with Gasteiger partial charge in [0.25, 0.3) is 5.91 Å². The molecule has 0 saturated carbocycles. The fourth-order valence-corrected chi connectivity index (χ4v) is 4.08. The van der Waals surface area contributed by atoms with Crippen molar-refractivity contribution in [2.45, 2.75) is 40.3 Å². The number of benzene rings is 3. The second-order valence-corrected chi connectivity index (χ2v) is 8.72. The molecule has 3 aromatic carbocycles. The first kappa shape index (κ1) is 21.8. The Morgan fingerprint density at radius 1 is 0.906 bits per heavy atom. The molecule has 0 spiro atoms. The SMILES string of the molecule is CCc1ccc(C(=O)N(Cc2nc3ccccc3n2Cc2ccccc2)CC(C)C)cc1. The van der Waals surface area contributed by atoms with Gasteiger partial charge in [0, 0.05) is 18.7 Å². The van der Waals surface area contributed by atoms with Crippen molar-refractivity contribution in [3.63, 3.8) is 0 Å². The van der Waals surface area contributed by atoms with E-state index in [0.29, 0.717) is 19.0 Å². The number of fused-ring (bicyclic) bond motifs is 1. The summed E-state index contributed by atoms with van der Waals surface area (Å²) in [6.07, 6.45) is 0.966. The van der Waals surface area contributed by atoms with Crippen LogP contribution >= 0.6 is 0 Å². The molecule has 0 aliphatic carbocycles. The molecule has 1 aromatic heterocycles. The highest BCUT2D eigenvalue weighted by Gasteiger charge is 2.21. The Morgan fingerprint density at radius 3 is 2.28 bits per heavy atom. The number of nitrogens with zero attached hydrogens (tertiary/aromatic N) is 3. The molecule has 0 unspecified atom stereocenters. The van der Waals surface area contributed by atoms with Crippen LogP contribution in [0, 0.1) is 5.92 Å². The van der Waals surface area contributed by atoms with E-state index in [2.05, 4.69) is 55.7 Å². The molecule has 4 rings (SSSR count). The molecule has 4 nitrogen and oxygen atoms in total. The number of imidazole rings is 1. The Balaban J connectivity index is 1.69. The molecule has 0 atom stereocenters. The molecule has 32 heavy (non-hydrogen) atoms. The molecule has 0 N–H and O–H groups in total. The van der Waals surface area contributed by atoms with Crippen LogP contribution in [0.2, 0.25) is 0 Å². The number of rotatable bonds is 8. The largest absolute Gasteiger partial charge is 0.331 e. The van der Waals surface area contributed by atoms with Gasteiger partial charge >= 0.3 is 0 Å². The van der Waals surface area contributed by atoms with Crippen molar-refractivity contribution in [1.82, 2.24) is 14.5 Å². The highest BCUT2D eigenvalue weighted by molar-refractivity contribution is 5.94. The molecule has 0 radical (unpaired) electrons. The Bertz CT molecular complexity index is 1180. The third kappa shape index (κ3) is 4.91. The highest BCUT2D eigenvalue weighted by atomic mass is 16.2. The summed E-state index contributed by atoms with van der Waals surface area (Å²) in [5, 5.41) is 0. The predicted molar refractivity (Wildman–Crippen MR) is 131 cm³/mol. The molecule has 1 amide bonds. The maximum Gasteiger partial charge on any atom is 0.254 e. The lowest BCUT2D eigenvalue weighted by atomic mass is 10.1. The van der Waals surface area contributed by atoms with Crippen molar-refractivity contribution >= 4 is 16.9 Å². The summed E-state index contributed by atoms with van der Waals surface area (Å²) in [5.41, 5.74) is 5.24. The van der Waals surface area contributed by atoms with Gasteiger partial charge in [-0.25, -0.2) is 4.98 Å². The van der Waals surface area contributed by atoms with E-state index in [1.165, 1.54) is 11.1 Å². The van der Waals surface area contributed by atoms with Crippen molar-refractivity contribution in [2.75, 3.05) is 6.54 Å². The van der Waals surface area contributed by atoms with Gasteiger partial charge in [-0.3, -0.25) is 4.79 Å². The lowest BCUT2D eigenvalue weighted by Crippen LogP contribution is -2.34. The highest BCUT2D eigenvalue weighted by Crippen LogP contribution is 2.21. The number of carbonyl (C=O) groups excluding carboxylic acids is 1. The molecule has 1 heterocycles. The minimum atomic E-state index is 0.0553. The number of carbonyl (C=O) groups is 1. The minimum Gasteiger partial charge on any atom is -0.331 e. The summed E-state index contributed by atoms with van der Waals surface area (Å²) >= 11 is 0. The number of hydrogen-bond acceptors (Lipinski definition) is 2. The normalized spacial score (nSPS) is 11.2. The summed E-state index contributed by atoms with van der Waals surface area (Å²) < 4.78 is 2.24. The van der Waals surface area contributed by atoms with Gasteiger partial charge in [0.1, 0.15) is 5.82 Å². The van der Waals surface area contributed by atoms with E-state index < -0.39 is 0 Å². The van der Waals surface area contributed by atoms with Crippen molar-refractivity contribution in [3.8, 4) is 0 Å². The molecule has 164 valence electrons. The fourth-order valence-electron chi connectivity index (χ4n) is 4.08. The second-order valence-electron chi connectivity index (χ2n) is 8.72. The Kier molecular flexibility index (Phi) is 6.69. The van der Waals surface area contributed by atoms with Crippen LogP contribution in [0.15, 0.2) is 78.9 Å². The summed E-state index contributed by atoms with van der Waals surface area (Å²) in [7, 11) is 0. The van der Waals surface area contributed by atoms with Crippen LogP contribution in [0.1, 0.15) is 48.1 Å². The molecule has 4 heteroatoms. The molecular weight excluding hydrogens is 394 g/mol. The first-order valence-corrected chi connectivity index (χ1v) is 11.4. The van der Waals surface area contributed by atoms with E-state index in [-0.39, 0.29) is 5.91 Å². The third-order valence-corrected chi connectivity index (χ3v) is 5.73. The zero-order chi connectivity index (χ0) is 22.5. The zero-order valence-corrected chi connectivity index (χ0v) is 19.2. The van der Waals surface area contributed by atoms with Crippen LogP contribution in [0.4, 0.5) is 0 Å². The van der Waals surface area contributed by atoms with Gasteiger partial charge < -0.3 is 9.47 Å². The van der Waals surface area contributed by atoms with Crippen molar-refractivity contribution in [3.05, 3.63) is 101 Å². The minimum absolute atomic E-state index is 0.0553. The first-order chi connectivity index (χ1) is 15.5. The second kappa shape index (κ2) is 9.82. The Morgan fingerprint density at radius 2 is 1.59 bits per heavy atom. The smallest absolute Gasteiger partial charge is 0.254 e. The van der Waals surface area contributed by atoms with Crippen LogP contribution in [-0.4, -0.2) is 26.9 Å². The number of para-hydroxylation sites is 2.